The van der Waals surface area contributed by atoms with Crippen LogP contribution in [0.25, 0.3) is 11.1 Å². The number of nitrogens with zero attached hydrogens (tertiary/aromatic N) is 3. The van der Waals surface area contributed by atoms with Crippen molar-refractivity contribution in [3.63, 3.8) is 0 Å². The summed E-state index contributed by atoms with van der Waals surface area (Å²) in [6.07, 6.45) is 4.35. The minimum atomic E-state index is 0.0170. The number of nitrogens with one attached hydrogen (secondary N) is 1. The van der Waals surface area contributed by atoms with Gasteiger partial charge in [-0.3, -0.25) is 10.00 Å². The quantitative estimate of drug-likeness (QED) is 0.615. The van der Waals surface area contributed by atoms with Gasteiger partial charge in [-0.1, -0.05) is 18.2 Å². The topological polar surface area (TPSA) is 70.7 Å². The molecule has 0 saturated carbocycles. The molecule has 7 nitrogen and oxygen atoms in total. The molecule has 1 saturated heterocycles. The number of carbonyl (C=O) groups is 1. The molecule has 1 aliphatic heterocycles. The molecule has 1 aromatic heterocycles. The number of hydrogen-bond donors (Lipinski definition) is 1. The van der Waals surface area contributed by atoms with Crippen molar-refractivity contribution in [1.29, 1.82) is 0 Å². The van der Waals surface area contributed by atoms with Gasteiger partial charge in [0.05, 0.1) is 19.9 Å². The van der Waals surface area contributed by atoms with Crippen molar-refractivity contribution in [3.8, 4) is 22.6 Å². The van der Waals surface area contributed by atoms with E-state index in [1.165, 1.54) is 0 Å². The fourth-order valence-corrected chi connectivity index (χ4v) is 3.79. The van der Waals surface area contributed by atoms with Crippen molar-refractivity contribution < 1.29 is 14.3 Å². The van der Waals surface area contributed by atoms with E-state index in [0.717, 1.165) is 40.3 Å². The Bertz CT molecular complexity index is 1000. The third kappa shape index (κ3) is 3.96. The zero-order valence-corrected chi connectivity index (χ0v) is 17.3. The fraction of sp³-hybridized carbons (Fsp3) is 0.304. The predicted molar refractivity (Wildman–Crippen MR) is 116 cm³/mol. The van der Waals surface area contributed by atoms with Crippen LogP contribution in [-0.4, -0.2) is 54.5 Å². The highest BCUT2D eigenvalue weighted by molar-refractivity contribution is 5.95. The van der Waals surface area contributed by atoms with Gasteiger partial charge in [0.1, 0.15) is 11.5 Å². The van der Waals surface area contributed by atoms with Crippen LogP contribution < -0.4 is 14.4 Å². The Labute approximate surface area is 176 Å². The van der Waals surface area contributed by atoms with Crippen LogP contribution in [0.15, 0.2) is 54.9 Å². The van der Waals surface area contributed by atoms with Crippen molar-refractivity contribution in [2.45, 2.75) is 13.3 Å². The smallest absolute Gasteiger partial charge is 0.324 e. The first-order valence-corrected chi connectivity index (χ1v) is 10.2. The minimum absolute atomic E-state index is 0.0170. The summed E-state index contributed by atoms with van der Waals surface area (Å²) in [6, 6.07) is 13.8. The number of para-hydroxylation sites is 1. The standard InChI is InChI=1S/C23H26N4O3/c1-3-30-22-14-19(8-9-20(22)18-15-24-25-16-18)27-13-12-26(23(27)28)11-10-17-6-4-5-7-21(17)29-2/h4-9,14-16H,3,10-13H2,1-2H3,(H,24,25). The maximum absolute atomic E-state index is 13.0. The highest BCUT2D eigenvalue weighted by Gasteiger charge is 2.30. The van der Waals surface area contributed by atoms with E-state index < -0.39 is 0 Å². The molecule has 0 unspecified atom stereocenters. The van der Waals surface area contributed by atoms with Gasteiger partial charge in [-0.15, -0.1) is 0 Å². The Balaban J connectivity index is 1.48. The summed E-state index contributed by atoms with van der Waals surface area (Å²) in [5, 5.41) is 6.85. The predicted octanol–water partition coefficient (Wildman–Crippen LogP) is 3.97. The van der Waals surface area contributed by atoms with E-state index in [-0.39, 0.29) is 6.03 Å². The Kier molecular flexibility index (Phi) is 5.88. The van der Waals surface area contributed by atoms with E-state index in [9.17, 15) is 4.79 Å². The second-order valence-corrected chi connectivity index (χ2v) is 7.08. The molecule has 3 aromatic rings. The Hall–Kier alpha value is -3.48. The zero-order valence-electron chi connectivity index (χ0n) is 17.3. The van der Waals surface area contributed by atoms with Crippen LogP contribution in [0.1, 0.15) is 12.5 Å². The third-order valence-corrected chi connectivity index (χ3v) is 5.32. The number of hydrogen-bond acceptors (Lipinski definition) is 4. The Morgan fingerprint density at radius 1 is 1.13 bits per heavy atom. The lowest BCUT2D eigenvalue weighted by Crippen LogP contribution is -2.33. The Morgan fingerprint density at radius 2 is 2.00 bits per heavy atom. The molecule has 1 fully saturated rings. The molecule has 0 atom stereocenters. The van der Waals surface area contributed by atoms with Crippen LogP contribution in [-0.2, 0) is 6.42 Å². The first-order chi connectivity index (χ1) is 14.7. The molecule has 4 rings (SSSR count). The largest absolute Gasteiger partial charge is 0.496 e. The molecule has 0 aliphatic carbocycles. The lowest BCUT2D eigenvalue weighted by molar-refractivity contribution is 0.221. The summed E-state index contributed by atoms with van der Waals surface area (Å²) in [5.41, 5.74) is 3.86. The number of rotatable bonds is 8. The first kappa shape index (κ1) is 19.8. The second-order valence-electron chi connectivity index (χ2n) is 7.08. The van der Waals surface area contributed by atoms with E-state index in [1.54, 1.807) is 13.3 Å². The summed E-state index contributed by atoms with van der Waals surface area (Å²) in [6.45, 7) is 4.50. The van der Waals surface area contributed by atoms with Crippen LogP contribution in [0.2, 0.25) is 0 Å². The van der Waals surface area contributed by atoms with E-state index >= 15 is 0 Å². The number of methoxy groups -OCH3 is 1. The lowest BCUT2D eigenvalue weighted by atomic mass is 10.1. The van der Waals surface area contributed by atoms with Crippen LogP contribution in [0.4, 0.5) is 10.5 Å². The molecule has 156 valence electrons. The molecular weight excluding hydrogens is 380 g/mol. The second kappa shape index (κ2) is 8.90. The van der Waals surface area contributed by atoms with Gasteiger partial charge < -0.3 is 14.4 Å². The van der Waals surface area contributed by atoms with Gasteiger partial charge in [0.25, 0.3) is 0 Å². The number of H-pyrrole nitrogens is 1. The third-order valence-electron chi connectivity index (χ3n) is 5.32. The summed E-state index contributed by atoms with van der Waals surface area (Å²) < 4.78 is 11.3. The van der Waals surface area contributed by atoms with Crippen LogP contribution >= 0.6 is 0 Å². The monoisotopic (exact) mass is 406 g/mol. The average molecular weight is 406 g/mol. The van der Waals surface area contributed by atoms with Crippen LogP contribution in [0.5, 0.6) is 11.5 Å². The van der Waals surface area contributed by atoms with E-state index in [1.807, 2.05) is 65.4 Å². The molecule has 0 spiro atoms. The number of aromatic nitrogens is 2. The zero-order chi connectivity index (χ0) is 20.9. The number of benzene rings is 2. The molecule has 0 bridgehead atoms. The molecule has 1 aliphatic rings. The van der Waals surface area contributed by atoms with Crippen molar-refractivity contribution in [1.82, 2.24) is 15.1 Å². The van der Waals surface area contributed by atoms with E-state index in [0.29, 0.717) is 26.2 Å². The number of ether oxygens (including phenoxy) is 2. The molecule has 30 heavy (non-hydrogen) atoms. The Morgan fingerprint density at radius 3 is 2.77 bits per heavy atom. The SMILES string of the molecule is CCOc1cc(N2CCN(CCc3ccccc3OC)C2=O)ccc1-c1cn[nH]c1. The molecule has 7 heteroatoms. The lowest BCUT2D eigenvalue weighted by Gasteiger charge is -2.20. The van der Waals surface area contributed by atoms with Crippen molar-refractivity contribution in [3.05, 3.63) is 60.4 Å². The maximum Gasteiger partial charge on any atom is 0.324 e. The number of anilines is 1. The van der Waals surface area contributed by atoms with Crippen molar-refractivity contribution in [2.75, 3.05) is 38.3 Å². The summed E-state index contributed by atoms with van der Waals surface area (Å²) in [7, 11) is 1.67. The van der Waals surface area contributed by atoms with Gasteiger partial charge >= 0.3 is 6.03 Å². The van der Waals surface area contributed by atoms with Crippen molar-refractivity contribution >= 4 is 11.7 Å². The van der Waals surface area contributed by atoms with Crippen molar-refractivity contribution in [2.24, 2.45) is 0 Å². The summed E-state index contributed by atoms with van der Waals surface area (Å²) >= 11 is 0. The number of carbonyl (C=O) groups excluding carboxylic acids is 1. The van der Waals surface area contributed by atoms with Gasteiger partial charge in [-0.2, -0.15) is 5.10 Å². The van der Waals surface area contributed by atoms with E-state index in [4.69, 9.17) is 9.47 Å². The number of urea groups is 1. The molecule has 2 amide bonds. The first-order valence-electron chi connectivity index (χ1n) is 10.2. The van der Waals surface area contributed by atoms with Gasteiger partial charge in [-0.25, -0.2) is 4.79 Å². The maximum atomic E-state index is 13.0. The van der Waals surface area contributed by atoms with Gasteiger partial charge in [-0.05, 0) is 37.1 Å². The van der Waals surface area contributed by atoms with Crippen LogP contribution in [0, 0.1) is 0 Å². The fourth-order valence-electron chi connectivity index (χ4n) is 3.79. The molecular formula is C23H26N4O3. The molecule has 2 heterocycles. The summed E-state index contributed by atoms with van der Waals surface area (Å²) in [4.78, 5) is 16.7. The van der Waals surface area contributed by atoms with E-state index in [2.05, 4.69) is 10.2 Å². The average Bonchev–Trinajstić information content (AvgIpc) is 3.43. The number of amides is 2. The highest BCUT2D eigenvalue weighted by Crippen LogP contribution is 2.34. The molecule has 0 radical (unpaired) electrons. The molecule has 1 N–H and O–H groups in total. The minimum Gasteiger partial charge on any atom is -0.496 e. The normalized spacial score (nSPS) is 13.7. The molecule has 2 aromatic carbocycles. The van der Waals surface area contributed by atoms with Crippen LogP contribution in [0.3, 0.4) is 0 Å². The highest BCUT2D eigenvalue weighted by atomic mass is 16.5. The van der Waals surface area contributed by atoms with Gasteiger partial charge in [0.15, 0.2) is 0 Å². The van der Waals surface area contributed by atoms with Gasteiger partial charge in [0.2, 0.25) is 0 Å². The summed E-state index contributed by atoms with van der Waals surface area (Å²) in [5.74, 6) is 1.61. The number of aromatic amines is 1. The van der Waals surface area contributed by atoms with Gasteiger partial charge in [0, 0.05) is 48.7 Å².